The first-order valence-corrected chi connectivity index (χ1v) is 4.48. The quantitative estimate of drug-likeness (QED) is 0.771. The molecule has 0 aromatic carbocycles. The molecule has 0 saturated carbocycles. The largest absolute Gasteiger partial charge is 0.379 e. The molecule has 4 heteroatoms. The van der Waals surface area contributed by atoms with Crippen molar-refractivity contribution in [2.24, 2.45) is 0 Å². The Labute approximate surface area is 82.4 Å². The van der Waals surface area contributed by atoms with Crippen LogP contribution in [0, 0.1) is 6.92 Å². The highest BCUT2D eigenvalue weighted by molar-refractivity contribution is 5.48. The summed E-state index contributed by atoms with van der Waals surface area (Å²) in [5, 5.41) is 3.30. The number of nitrogens with zero attached hydrogens (tertiary/aromatic N) is 2. The molecule has 0 aliphatic heterocycles. The molecule has 0 unspecified atom stereocenters. The molecule has 2 N–H and O–H groups in total. The first kappa shape index (κ1) is 8.74. The maximum Gasteiger partial charge on any atom is 0.0922 e. The number of nitrogens with one attached hydrogen (secondary N) is 2. The predicted molar refractivity (Wildman–Crippen MR) is 54.9 cm³/mol. The van der Waals surface area contributed by atoms with Crippen molar-refractivity contribution in [1.29, 1.82) is 0 Å². The number of aryl methyl sites for hydroxylation is 1. The van der Waals surface area contributed by atoms with Crippen LogP contribution in [0.15, 0.2) is 31.0 Å². The van der Waals surface area contributed by atoms with E-state index in [1.807, 2.05) is 25.4 Å². The van der Waals surface area contributed by atoms with Crippen molar-refractivity contribution in [3.8, 4) is 0 Å². The first-order valence-electron chi connectivity index (χ1n) is 4.48. The van der Waals surface area contributed by atoms with Gasteiger partial charge < -0.3 is 10.3 Å². The number of aromatic nitrogens is 3. The Hall–Kier alpha value is -1.84. The van der Waals surface area contributed by atoms with E-state index in [1.54, 1.807) is 12.5 Å². The van der Waals surface area contributed by atoms with Crippen molar-refractivity contribution in [2.75, 3.05) is 5.32 Å². The second-order valence-electron chi connectivity index (χ2n) is 3.12. The second kappa shape index (κ2) is 3.91. The van der Waals surface area contributed by atoms with E-state index in [1.165, 1.54) is 0 Å². The molecule has 0 atom stereocenters. The fourth-order valence-corrected chi connectivity index (χ4v) is 1.24. The summed E-state index contributed by atoms with van der Waals surface area (Å²) in [6.45, 7) is 2.78. The summed E-state index contributed by atoms with van der Waals surface area (Å²) in [6, 6.07) is 1.96. The summed E-state index contributed by atoms with van der Waals surface area (Å²) in [6.07, 6.45) is 7.11. The smallest absolute Gasteiger partial charge is 0.0922 e. The molecule has 2 aromatic heterocycles. The second-order valence-corrected chi connectivity index (χ2v) is 3.12. The van der Waals surface area contributed by atoms with E-state index in [-0.39, 0.29) is 0 Å². The minimum absolute atomic E-state index is 0.755. The van der Waals surface area contributed by atoms with E-state index in [0.29, 0.717) is 0 Å². The SMILES string of the molecule is Cc1cnccc1NCc1cnc[nH]1. The van der Waals surface area contributed by atoms with E-state index >= 15 is 0 Å². The highest BCUT2D eigenvalue weighted by Gasteiger charge is 1.97. The van der Waals surface area contributed by atoms with Gasteiger partial charge in [-0.2, -0.15) is 0 Å². The molecule has 2 heterocycles. The number of aromatic amines is 1. The third kappa shape index (κ3) is 1.90. The number of hydrogen-bond acceptors (Lipinski definition) is 3. The van der Waals surface area contributed by atoms with Crippen LogP contribution in [-0.2, 0) is 6.54 Å². The number of pyridine rings is 1. The number of anilines is 1. The van der Waals surface area contributed by atoms with E-state index in [2.05, 4.69) is 20.3 Å². The molecule has 0 fully saturated rings. The molecule has 0 saturated heterocycles. The van der Waals surface area contributed by atoms with E-state index in [9.17, 15) is 0 Å². The zero-order chi connectivity index (χ0) is 9.80. The highest BCUT2D eigenvalue weighted by Crippen LogP contribution is 2.12. The standard InChI is InChI=1S/C10H12N4/c1-8-4-11-3-2-10(8)13-6-9-5-12-7-14-9/h2-5,7H,6H2,1H3,(H,11,13)(H,12,14). The van der Waals surface area contributed by atoms with Crippen molar-refractivity contribution in [3.05, 3.63) is 42.2 Å². The number of imidazole rings is 1. The number of hydrogen-bond donors (Lipinski definition) is 2. The molecular formula is C10H12N4. The summed E-state index contributed by atoms with van der Waals surface area (Å²) in [4.78, 5) is 11.0. The minimum atomic E-state index is 0.755. The van der Waals surface area contributed by atoms with Gasteiger partial charge in [-0.15, -0.1) is 0 Å². The Morgan fingerprint density at radius 2 is 2.29 bits per heavy atom. The Balaban J connectivity index is 2.02. The normalized spacial score (nSPS) is 10.1. The third-order valence-corrected chi connectivity index (χ3v) is 2.04. The van der Waals surface area contributed by atoms with Crippen molar-refractivity contribution in [2.45, 2.75) is 13.5 Å². The zero-order valence-corrected chi connectivity index (χ0v) is 7.99. The van der Waals surface area contributed by atoms with Gasteiger partial charge in [-0.25, -0.2) is 4.98 Å². The molecule has 0 amide bonds. The van der Waals surface area contributed by atoms with Gasteiger partial charge in [0.2, 0.25) is 0 Å². The molecule has 72 valence electrons. The van der Waals surface area contributed by atoms with Gasteiger partial charge in [0.15, 0.2) is 0 Å². The van der Waals surface area contributed by atoms with Gasteiger partial charge in [-0.3, -0.25) is 4.98 Å². The van der Waals surface area contributed by atoms with Gasteiger partial charge in [-0.05, 0) is 18.6 Å². The van der Waals surface area contributed by atoms with E-state index in [4.69, 9.17) is 0 Å². The topological polar surface area (TPSA) is 53.6 Å². The average molecular weight is 188 g/mol. The summed E-state index contributed by atoms with van der Waals surface area (Å²) >= 11 is 0. The van der Waals surface area contributed by atoms with Crippen LogP contribution in [0.5, 0.6) is 0 Å². The molecule has 14 heavy (non-hydrogen) atoms. The summed E-state index contributed by atoms with van der Waals surface area (Å²) in [5.41, 5.74) is 3.32. The summed E-state index contributed by atoms with van der Waals surface area (Å²) < 4.78 is 0. The Kier molecular flexibility index (Phi) is 2.44. The van der Waals surface area contributed by atoms with Gasteiger partial charge in [0.05, 0.1) is 18.6 Å². The van der Waals surface area contributed by atoms with Crippen LogP contribution < -0.4 is 5.32 Å². The molecule has 0 spiro atoms. The third-order valence-electron chi connectivity index (χ3n) is 2.04. The van der Waals surface area contributed by atoms with Crippen molar-refractivity contribution >= 4 is 5.69 Å². The van der Waals surface area contributed by atoms with E-state index < -0.39 is 0 Å². The van der Waals surface area contributed by atoms with Gasteiger partial charge in [-0.1, -0.05) is 0 Å². The van der Waals surface area contributed by atoms with Gasteiger partial charge >= 0.3 is 0 Å². The van der Waals surface area contributed by atoms with Crippen LogP contribution in [-0.4, -0.2) is 15.0 Å². The first-order chi connectivity index (χ1) is 6.86. The lowest BCUT2D eigenvalue weighted by atomic mass is 10.2. The Morgan fingerprint density at radius 1 is 1.36 bits per heavy atom. The number of rotatable bonds is 3. The Morgan fingerprint density at radius 3 is 3.00 bits per heavy atom. The number of H-pyrrole nitrogens is 1. The maximum absolute atomic E-state index is 4.03. The van der Waals surface area contributed by atoms with Crippen molar-refractivity contribution in [3.63, 3.8) is 0 Å². The lowest BCUT2D eigenvalue weighted by molar-refractivity contribution is 1.06. The molecule has 2 aromatic rings. The predicted octanol–water partition coefficient (Wildman–Crippen LogP) is 1.73. The fourth-order valence-electron chi connectivity index (χ4n) is 1.24. The van der Waals surface area contributed by atoms with Crippen molar-refractivity contribution < 1.29 is 0 Å². The van der Waals surface area contributed by atoms with Gasteiger partial charge in [0, 0.05) is 24.3 Å². The highest BCUT2D eigenvalue weighted by atomic mass is 14.9. The lowest BCUT2D eigenvalue weighted by Crippen LogP contribution is -2.01. The summed E-state index contributed by atoms with van der Waals surface area (Å²) in [7, 11) is 0. The van der Waals surface area contributed by atoms with Crippen LogP contribution in [0.3, 0.4) is 0 Å². The van der Waals surface area contributed by atoms with Crippen LogP contribution in [0.1, 0.15) is 11.3 Å². The maximum atomic E-state index is 4.03. The van der Waals surface area contributed by atoms with E-state index in [0.717, 1.165) is 23.5 Å². The minimum Gasteiger partial charge on any atom is -0.379 e. The molecule has 0 radical (unpaired) electrons. The van der Waals surface area contributed by atoms with Crippen LogP contribution >= 0.6 is 0 Å². The monoisotopic (exact) mass is 188 g/mol. The van der Waals surface area contributed by atoms with Gasteiger partial charge in [0.1, 0.15) is 0 Å². The van der Waals surface area contributed by atoms with Crippen LogP contribution in [0.4, 0.5) is 5.69 Å². The molecular weight excluding hydrogens is 176 g/mol. The lowest BCUT2D eigenvalue weighted by Gasteiger charge is -2.06. The van der Waals surface area contributed by atoms with Gasteiger partial charge in [0.25, 0.3) is 0 Å². The molecule has 2 rings (SSSR count). The van der Waals surface area contributed by atoms with Crippen molar-refractivity contribution in [1.82, 2.24) is 15.0 Å². The fraction of sp³-hybridized carbons (Fsp3) is 0.200. The molecule has 4 nitrogen and oxygen atoms in total. The molecule has 0 aliphatic rings. The average Bonchev–Trinajstić information content (AvgIpc) is 2.69. The van der Waals surface area contributed by atoms with Crippen LogP contribution in [0.2, 0.25) is 0 Å². The zero-order valence-electron chi connectivity index (χ0n) is 7.99. The molecule has 0 aliphatic carbocycles. The molecule has 0 bridgehead atoms. The Bertz CT molecular complexity index is 394. The van der Waals surface area contributed by atoms with Crippen LogP contribution in [0.25, 0.3) is 0 Å². The summed E-state index contributed by atoms with van der Waals surface area (Å²) in [5.74, 6) is 0.